The number of nitrogens with zero attached hydrogens (tertiary/aromatic N) is 2. The summed E-state index contributed by atoms with van der Waals surface area (Å²) in [6.07, 6.45) is 2.40. The molecule has 0 N–H and O–H groups in total. The van der Waals surface area contributed by atoms with Gasteiger partial charge in [0.15, 0.2) is 5.82 Å². The van der Waals surface area contributed by atoms with Crippen LogP contribution in [0.2, 0.25) is 5.02 Å². The number of methoxy groups -OCH3 is 1. The van der Waals surface area contributed by atoms with Crippen molar-refractivity contribution in [3.8, 4) is 11.4 Å². The van der Waals surface area contributed by atoms with Crippen molar-refractivity contribution in [1.82, 2.24) is 9.97 Å². The number of halogens is 2. The van der Waals surface area contributed by atoms with Crippen molar-refractivity contribution in [3.05, 3.63) is 81.9 Å². The third kappa shape index (κ3) is 2.87. The lowest BCUT2D eigenvalue weighted by Crippen LogP contribution is -2.38. The first-order valence-corrected chi connectivity index (χ1v) is 9.28. The molecule has 0 bridgehead atoms. The van der Waals surface area contributed by atoms with Crippen LogP contribution in [0.15, 0.2) is 48.7 Å². The normalized spacial score (nSPS) is 18.0. The van der Waals surface area contributed by atoms with Gasteiger partial charge in [0, 0.05) is 23.9 Å². The van der Waals surface area contributed by atoms with E-state index in [0.717, 1.165) is 16.8 Å². The molecule has 6 heteroatoms. The summed E-state index contributed by atoms with van der Waals surface area (Å²) < 4.78 is 19.4. The smallest absolute Gasteiger partial charge is 0.317 e. The van der Waals surface area contributed by atoms with Gasteiger partial charge in [-0.2, -0.15) is 0 Å². The summed E-state index contributed by atoms with van der Waals surface area (Å²) in [5, 5.41) is 0.556. The van der Waals surface area contributed by atoms with Gasteiger partial charge < -0.3 is 4.74 Å². The highest BCUT2D eigenvalue weighted by molar-refractivity contribution is 6.33. The van der Waals surface area contributed by atoms with E-state index in [9.17, 15) is 9.18 Å². The van der Waals surface area contributed by atoms with Crippen LogP contribution < -0.4 is 0 Å². The van der Waals surface area contributed by atoms with Gasteiger partial charge in [-0.15, -0.1) is 0 Å². The number of ether oxygens (including phenoxy) is 1. The lowest BCUT2D eigenvalue weighted by molar-refractivity contribution is -0.147. The molecule has 1 aromatic heterocycles. The molecule has 0 spiro atoms. The minimum Gasteiger partial charge on any atom is -0.468 e. The number of hydrogen-bond donors (Lipinski definition) is 0. The molecular weight excluding hydrogens is 379 g/mol. The molecule has 0 radical (unpaired) electrons. The van der Waals surface area contributed by atoms with Crippen LogP contribution in [-0.2, 0) is 27.8 Å². The lowest BCUT2D eigenvalue weighted by Gasteiger charge is -2.28. The third-order valence-corrected chi connectivity index (χ3v) is 5.72. The zero-order valence-electron chi connectivity index (χ0n) is 15.5. The van der Waals surface area contributed by atoms with Crippen molar-refractivity contribution in [1.29, 1.82) is 0 Å². The topological polar surface area (TPSA) is 52.1 Å². The van der Waals surface area contributed by atoms with Gasteiger partial charge in [-0.25, -0.2) is 14.4 Å². The monoisotopic (exact) mass is 396 g/mol. The molecule has 0 amide bonds. The molecule has 1 aliphatic rings. The van der Waals surface area contributed by atoms with E-state index in [4.69, 9.17) is 16.3 Å². The maximum Gasteiger partial charge on any atom is 0.317 e. The summed E-state index contributed by atoms with van der Waals surface area (Å²) in [4.78, 5) is 22.0. The van der Waals surface area contributed by atoms with Gasteiger partial charge in [-0.05, 0) is 48.2 Å². The summed E-state index contributed by atoms with van der Waals surface area (Å²) in [5.41, 5.74) is 2.38. The van der Waals surface area contributed by atoms with Crippen LogP contribution in [0.3, 0.4) is 0 Å². The average molecular weight is 397 g/mol. The minimum atomic E-state index is -1.02. The van der Waals surface area contributed by atoms with E-state index in [1.54, 1.807) is 31.3 Å². The van der Waals surface area contributed by atoms with Crippen molar-refractivity contribution >= 4 is 17.6 Å². The van der Waals surface area contributed by atoms with Crippen molar-refractivity contribution < 1.29 is 13.9 Å². The summed E-state index contributed by atoms with van der Waals surface area (Å²) in [5.74, 6) is -0.251. The second-order valence-corrected chi connectivity index (χ2v) is 7.39. The minimum absolute atomic E-state index is 0.319. The predicted molar refractivity (Wildman–Crippen MR) is 105 cm³/mol. The van der Waals surface area contributed by atoms with Crippen LogP contribution in [0.4, 0.5) is 4.39 Å². The van der Waals surface area contributed by atoms with Gasteiger partial charge in [0.1, 0.15) is 11.2 Å². The van der Waals surface area contributed by atoms with Gasteiger partial charge in [0.05, 0.1) is 12.1 Å². The predicted octanol–water partition coefficient (Wildman–Crippen LogP) is 4.45. The van der Waals surface area contributed by atoms with Crippen molar-refractivity contribution in [2.45, 2.75) is 25.2 Å². The summed E-state index contributed by atoms with van der Waals surface area (Å²) >= 11 is 6.28. The van der Waals surface area contributed by atoms with E-state index in [1.165, 1.54) is 13.2 Å². The van der Waals surface area contributed by atoms with Crippen molar-refractivity contribution in [2.75, 3.05) is 7.11 Å². The van der Waals surface area contributed by atoms with Gasteiger partial charge in [-0.1, -0.05) is 35.9 Å². The molecule has 4 nitrogen and oxygen atoms in total. The van der Waals surface area contributed by atoms with Crippen LogP contribution >= 0.6 is 11.6 Å². The standard InChI is InChI=1S/C22H18ClFN2O2/c1-13-16(7-5-9-18(13)24)22(21(27)28-2)10-14-12-25-20(26-19(14)11-22)15-6-3-4-8-17(15)23/h3-9,12H,10-11H2,1-2H3. The summed E-state index contributed by atoms with van der Waals surface area (Å²) in [6, 6.07) is 12.1. The SMILES string of the molecule is COC(=O)C1(c2cccc(F)c2C)Cc2cnc(-c3ccccc3Cl)nc2C1. The van der Waals surface area contributed by atoms with Crippen LogP contribution in [0.5, 0.6) is 0 Å². The van der Waals surface area contributed by atoms with Gasteiger partial charge >= 0.3 is 5.97 Å². The highest BCUT2D eigenvalue weighted by atomic mass is 35.5. The highest BCUT2D eigenvalue weighted by Gasteiger charge is 2.48. The number of hydrogen-bond acceptors (Lipinski definition) is 4. The van der Waals surface area contributed by atoms with Gasteiger partial charge in [0.25, 0.3) is 0 Å². The first-order chi connectivity index (χ1) is 13.5. The fourth-order valence-electron chi connectivity index (χ4n) is 3.95. The van der Waals surface area contributed by atoms with E-state index in [0.29, 0.717) is 34.8 Å². The molecule has 0 aliphatic heterocycles. The number of rotatable bonds is 3. The van der Waals surface area contributed by atoms with Crippen LogP contribution in [0.25, 0.3) is 11.4 Å². The molecule has 0 saturated heterocycles. The van der Waals surface area contributed by atoms with Crippen molar-refractivity contribution in [2.24, 2.45) is 0 Å². The Kier molecular flexibility index (Phi) is 4.63. The number of aromatic nitrogens is 2. The van der Waals surface area contributed by atoms with E-state index < -0.39 is 11.4 Å². The lowest BCUT2D eigenvalue weighted by atomic mass is 9.76. The number of carbonyl (C=O) groups is 1. The van der Waals surface area contributed by atoms with E-state index in [-0.39, 0.29) is 5.82 Å². The molecular formula is C22H18ClFN2O2. The third-order valence-electron chi connectivity index (χ3n) is 5.39. The van der Waals surface area contributed by atoms with Crippen LogP contribution in [0.1, 0.15) is 22.4 Å². The molecule has 0 fully saturated rings. The first-order valence-electron chi connectivity index (χ1n) is 8.90. The molecule has 1 aliphatic carbocycles. The largest absolute Gasteiger partial charge is 0.468 e. The highest BCUT2D eigenvalue weighted by Crippen LogP contribution is 2.42. The zero-order valence-corrected chi connectivity index (χ0v) is 16.3. The Balaban J connectivity index is 1.82. The quantitative estimate of drug-likeness (QED) is 0.613. The number of benzene rings is 2. The summed E-state index contributed by atoms with van der Waals surface area (Å²) in [6.45, 7) is 1.68. The Morgan fingerprint density at radius 1 is 1.18 bits per heavy atom. The first kappa shape index (κ1) is 18.6. The molecule has 1 unspecified atom stereocenters. The Bertz CT molecular complexity index is 1090. The Labute approximate surface area is 167 Å². The summed E-state index contributed by atoms with van der Waals surface area (Å²) in [7, 11) is 1.35. The fraction of sp³-hybridized carbons (Fsp3) is 0.227. The van der Waals surface area contributed by atoms with Gasteiger partial charge in [0.2, 0.25) is 0 Å². The number of esters is 1. The molecule has 142 valence electrons. The van der Waals surface area contributed by atoms with E-state index >= 15 is 0 Å². The maximum absolute atomic E-state index is 14.2. The number of fused-ring (bicyclic) bond motifs is 1. The maximum atomic E-state index is 14.2. The Morgan fingerprint density at radius 3 is 2.71 bits per heavy atom. The van der Waals surface area contributed by atoms with Crippen LogP contribution in [0, 0.1) is 12.7 Å². The molecule has 2 aromatic carbocycles. The zero-order chi connectivity index (χ0) is 19.9. The van der Waals surface area contributed by atoms with E-state index in [2.05, 4.69) is 9.97 Å². The number of carbonyl (C=O) groups excluding carboxylic acids is 1. The molecule has 1 heterocycles. The Morgan fingerprint density at radius 2 is 1.96 bits per heavy atom. The van der Waals surface area contributed by atoms with Gasteiger partial charge in [-0.3, -0.25) is 4.79 Å². The average Bonchev–Trinajstić information content (AvgIpc) is 3.09. The van der Waals surface area contributed by atoms with Crippen LogP contribution in [-0.4, -0.2) is 23.0 Å². The van der Waals surface area contributed by atoms with Crippen molar-refractivity contribution in [3.63, 3.8) is 0 Å². The molecule has 4 rings (SSSR count). The molecule has 28 heavy (non-hydrogen) atoms. The molecule has 0 saturated carbocycles. The Hall–Kier alpha value is -2.79. The molecule has 3 aromatic rings. The second kappa shape index (κ2) is 6.99. The molecule has 1 atom stereocenters. The fourth-order valence-corrected chi connectivity index (χ4v) is 4.17. The van der Waals surface area contributed by atoms with E-state index in [1.807, 2.05) is 18.2 Å². The second-order valence-electron chi connectivity index (χ2n) is 6.99.